The second kappa shape index (κ2) is 9.47. The third-order valence-electron chi connectivity index (χ3n) is 4.92. The van der Waals surface area contributed by atoms with Crippen molar-refractivity contribution in [3.8, 4) is 0 Å². The van der Waals surface area contributed by atoms with Gasteiger partial charge >= 0.3 is 15.6 Å². The molecule has 5 atom stereocenters. The summed E-state index contributed by atoms with van der Waals surface area (Å²) in [4.78, 5) is 42.0. The van der Waals surface area contributed by atoms with Crippen LogP contribution in [0, 0.1) is 11.8 Å². The summed E-state index contributed by atoms with van der Waals surface area (Å²) in [7, 11) is -8.48. The number of nitrogens with zero attached hydrogens (tertiary/aromatic N) is 3. The number of anilines is 1. The molecule has 5 N–H and O–H groups in total. The first kappa shape index (κ1) is 24.0. The van der Waals surface area contributed by atoms with Gasteiger partial charge < -0.3 is 20.1 Å². The van der Waals surface area contributed by atoms with E-state index in [0.29, 0.717) is 6.42 Å². The molecule has 0 radical (unpaired) electrons. The SMILES string of the molecule is CCOP(=O)(O)OC[C@H]1C[C@@H](n2cnc3c(=O)[nH]c(N)nc32)[C@@H]1COP(=O)(O)OCC. The van der Waals surface area contributed by atoms with E-state index in [1.165, 1.54) is 6.33 Å². The maximum Gasteiger partial charge on any atom is 0.472 e. The molecule has 16 heteroatoms. The van der Waals surface area contributed by atoms with Crippen molar-refractivity contribution in [3.05, 3.63) is 16.7 Å². The average molecular weight is 481 g/mol. The van der Waals surface area contributed by atoms with E-state index in [-0.39, 0.29) is 55.5 Å². The summed E-state index contributed by atoms with van der Waals surface area (Å²) in [6.45, 7) is 2.72. The molecule has 0 saturated heterocycles. The zero-order valence-corrected chi connectivity index (χ0v) is 18.7. The highest BCUT2D eigenvalue weighted by Crippen LogP contribution is 2.52. The van der Waals surface area contributed by atoms with Crippen molar-refractivity contribution in [1.82, 2.24) is 19.5 Å². The summed E-state index contributed by atoms with van der Waals surface area (Å²) in [5.41, 5.74) is 5.47. The van der Waals surface area contributed by atoms with Gasteiger partial charge in [-0.1, -0.05) is 0 Å². The van der Waals surface area contributed by atoms with E-state index >= 15 is 0 Å². The standard InChI is InChI=1S/C15H25N5O9P2/c1-3-26-30(22,23)28-6-9-5-11(10(9)7-29-31(24,25)27-4-2)20-8-17-12-13(20)18-15(16)19-14(12)21/h8-11H,3-7H2,1-2H3,(H,22,23)(H,24,25)(H3,16,18,19,21)/t9-,10-,11-/m1/s1. The number of hydrogen-bond acceptors (Lipinski definition) is 10. The van der Waals surface area contributed by atoms with Crippen LogP contribution in [0.15, 0.2) is 11.1 Å². The molecule has 0 bridgehead atoms. The van der Waals surface area contributed by atoms with Gasteiger partial charge in [-0.05, 0) is 26.2 Å². The Morgan fingerprint density at radius 3 is 2.39 bits per heavy atom. The first-order valence-electron chi connectivity index (χ1n) is 9.53. The van der Waals surface area contributed by atoms with Crippen molar-refractivity contribution in [1.29, 1.82) is 0 Å². The fourth-order valence-electron chi connectivity index (χ4n) is 3.49. The van der Waals surface area contributed by atoms with Crippen LogP contribution in [-0.2, 0) is 27.2 Å². The van der Waals surface area contributed by atoms with Crippen LogP contribution in [0.1, 0.15) is 26.3 Å². The van der Waals surface area contributed by atoms with Crippen molar-refractivity contribution in [2.24, 2.45) is 11.8 Å². The number of hydrogen-bond donors (Lipinski definition) is 4. The zero-order valence-electron chi connectivity index (χ0n) is 16.9. The first-order valence-corrected chi connectivity index (χ1v) is 12.5. The highest BCUT2D eigenvalue weighted by atomic mass is 31.2. The number of nitrogen functional groups attached to an aromatic ring is 1. The fourth-order valence-corrected chi connectivity index (χ4v) is 5.04. The van der Waals surface area contributed by atoms with Crippen LogP contribution in [0.5, 0.6) is 0 Å². The molecule has 2 unspecified atom stereocenters. The number of phosphoric ester groups is 2. The van der Waals surface area contributed by atoms with Gasteiger partial charge in [-0.15, -0.1) is 0 Å². The lowest BCUT2D eigenvalue weighted by atomic mass is 9.70. The number of aromatic amines is 1. The number of imidazole rings is 1. The molecule has 1 saturated carbocycles. The van der Waals surface area contributed by atoms with Crippen molar-refractivity contribution in [3.63, 3.8) is 0 Å². The van der Waals surface area contributed by atoms with Crippen LogP contribution in [0.4, 0.5) is 5.95 Å². The molecule has 174 valence electrons. The molecule has 0 spiro atoms. The van der Waals surface area contributed by atoms with Crippen molar-refractivity contribution in [2.45, 2.75) is 26.3 Å². The van der Waals surface area contributed by atoms with Gasteiger partial charge in [0, 0.05) is 12.0 Å². The summed E-state index contributed by atoms with van der Waals surface area (Å²) in [6, 6.07) is -0.348. The van der Waals surface area contributed by atoms with Crippen molar-refractivity contribution < 1.29 is 37.0 Å². The third-order valence-corrected chi connectivity index (χ3v) is 7.04. The highest BCUT2D eigenvalue weighted by Gasteiger charge is 2.45. The maximum absolute atomic E-state index is 12.0. The lowest BCUT2D eigenvalue weighted by Gasteiger charge is -2.45. The largest absolute Gasteiger partial charge is 0.472 e. The fraction of sp³-hybridized carbons (Fsp3) is 0.667. The Bertz CT molecular complexity index is 1070. The molecule has 1 fully saturated rings. The van der Waals surface area contributed by atoms with Crippen molar-refractivity contribution in [2.75, 3.05) is 32.2 Å². The summed E-state index contributed by atoms with van der Waals surface area (Å²) < 4.78 is 44.9. The van der Waals surface area contributed by atoms with Gasteiger partial charge in [-0.25, -0.2) is 14.1 Å². The summed E-state index contributed by atoms with van der Waals surface area (Å²) in [5, 5.41) is 0. The van der Waals surface area contributed by atoms with Crippen LogP contribution in [0.3, 0.4) is 0 Å². The van der Waals surface area contributed by atoms with E-state index in [1.807, 2.05) is 0 Å². The minimum atomic E-state index is -4.27. The average Bonchev–Trinajstić information content (AvgIpc) is 3.04. The van der Waals surface area contributed by atoms with E-state index < -0.39 is 27.1 Å². The predicted molar refractivity (Wildman–Crippen MR) is 108 cm³/mol. The van der Waals surface area contributed by atoms with Crippen LogP contribution in [0.2, 0.25) is 0 Å². The number of nitrogens with two attached hydrogens (primary N) is 1. The van der Waals surface area contributed by atoms with E-state index in [9.17, 15) is 23.7 Å². The first-order chi connectivity index (χ1) is 14.6. The molecule has 14 nitrogen and oxygen atoms in total. The molecular formula is C15H25N5O9P2. The Hall–Kier alpha value is -1.63. The maximum atomic E-state index is 12.0. The Labute approximate surface area is 176 Å². The van der Waals surface area contributed by atoms with Crippen LogP contribution in [-0.4, -0.2) is 55.7 Å². The Balaban J connectivity index is 1.82. The molecule has 2 heterocycles. The smallest absolute Gasteiger partial charge is 0.369 e. The van der Waals surface area contributed by atoms with Crippen LogP contribution >= 0.6 is 15.6 Å². The van der Waals surface area contributed by atoms with E-state index in [2.05, 4.69) is 19.5 Å². The normalized spacial score (nSPS) is 25.1. The lowest BCUT2D eigenvalue weighted by Crippen LogP contribution is -2.43. The van der Waals surface area contributed by atoms with Gasteiger partial charge in [0.25, 0.3) is 5.56 Å². The summed E-state index contributed by atoms with van der Waals surface area (Å²) >= 11 is 0. The summed E-state index contributed by atoms with van der Waals surface area (Å²) in [6.07, 6.45) is 1.85. The molecule has 0 amide bonds. The van der Waals surface area contributed by atoms with Gasteiger partial charge in [0.05, 0.1) is 32.8 Å². The molecule has 0 aliphatic heterocycles. The molecule has 3 rings (SSSR count). The Morgan fingerprint density at radius 2 is 1.77 bits per heavy atom. The molecule has 2 aromatic heterocycles. The van der Waals surface area contributed by atoms with E-state index in [4.69, 9.17) is 19.3 Å². The molecule has 31 heavy (non-hydrogen) atoms. The van der Waals surface area contributed by atoms with Gasteiger partial charge in [0.15, 0.2) is 11.2 Å². The number of H-pyrrole nitrogens is 1. The molecule has 2 aromatic rings. The predicted octanol–water partition coefficient (Wildman–Crippen LogP) is 1.19. The van der Waals surface area contributed by atoms with Crippen molar-refractivity contribution >= 4 is 32.8 Å². The summed E-state index contributed by atoms with van der Waals surface area (Å²) in [5.74, 6) is -0.841. The number of phosphoric acid groups is 2. The second-order valence-electron chi connectivity index (χ2n) is 6.87. The van der Waals surface area contributed by atoms with E-state index in [0.717, 1.165) is 0 Å². The topological polar surface area (TPSA) is 201 Å². The van der Waals surface area contributed by atoms with Gasteiger partial charge in [0.2, 0.25) is 5.95 Å². The lowest BCUT2D eigenvalue weighted by molar-refractivity contribution is -0.0101. The van der Waals surface area contributed by atoms with Crippen LogP contribution < -0.4 is 11.3 Å². The molecule has 1 aliphatic carbocycles. The van der Waals surface area contributed by atoms with Gasteiger partial charge in [-0.2, -0.15) is 4.98 Å². The highest BCUT2D eigenvalue weighted by molar-refractivity contribution is 7.47. The second-order valence-corrected chi connectivity index (χ2v) is 9.77. The molecule has 1 aliphatic rings. The number of nitrogens with one attached hydrogen (secondary N) is 1. The monoisotopic (exact) mass is 481 g/mol. The molecule has 0 aromatic carbocycles. The minimum Gasteiger partial charge on any atom is -0.369 e. The Kier molecular flexibility index (Phi) is 7.34. The quantitative estimate of drug-likeness (QED) is 0.334. The minimum absolute atomic E-state index is 0.00166. The Morgan fingerprint density at radius 1 is 1.16 bits per heavy atom. The number of rotatable bonds is 11. The van der Waals surface area contributed by atoms with Gasteiger partial charge in [-0.3, -0.25) is 27.9 Å². The van der Waals surface area contributed by atoms with Crippen LogP contribution in [0.25, 0.3) is 11.2 Å². The number of aromatic nitrogens is 4. The van der Waals surface area contributed by atoms with E-state index in [1.54, 1.807) is 18.4 Å². The van der Waals surface area contributed by atoms with Gasteiger partial charge in [0.1, 0.15) is 0 Å². The number of fused-ring (bicyclic) bond motifs is 1. The zero-order chi connectivity index (χ0) is 22.8. The molecular weight excluding hydrogens is 456 g/mol. The third kappa shape index (κ3) is 5.60.